The molecule has 5 heteroatoms. The Balaban J connectivity index is 3.14. The summed E-state index contributed by atoms with van der Waals surface area (Å²) in [4.78, 5) is 35.1. The average Bonchev–Trinajstić information content (AvgIpc) is 2.26. The summed E-state index contributed by atoms with van der Waals surface area (Å²) < 4.78 is 1.87. The van der Waals surface area contributed by atoms with E-state index in [-0.39, 0.29) is 10.9 Å². The normalized spacial score (nSPS) is 10.6. The molecule has 0 spiro atoms. The van der Waals surface area contributed by atoms with E-state index in [9.17, 15) is 14.4 Å². The fourth-order valence-electron chi connectivity index (χ4n) is 1.73. The third-order valence-corrected chi connectivity index (χ3v) is 2.47. The molecule has 2 rings (SSSR count). The summed E-state index contributed by atoms with van der Waals surface area (Å²) >= 11 is 0. The molecule has 1 aromatic carbocycles. The summed E-state index contributed by atoms with van der Waals surface area (Å²) in [5.41, 5.74) is -0.824. The Bertz CT molecular complexity index is 694. The van der Waals surface area contributed by atoms with E-state index in [0.717, 1.165) is 9.36 Å². The van der Waals surface area contributed by atoms with Crippen LogP contribution < -0.4 is 11.1 Å². The van der Waals surface area contributed by atoms with Gasteiger partial charge in [-0.1, -0.05) is 12.1 Å². The number of carbonyl (C=O) groups excluding carboxylic acids is 1. The van der Waals surface area contributed by atoms with E-state index >= 15 is 0 Å². The Kier molecular flexibility index (Phi) is 2.23. The van der Waals surface area contributed by atoms with Crippen LogP contribution in [0.3, 0.4) is 0 Å². The number of aromatic nitrogens is 2. The maximum Gasteiger partial charge on any atom is 0.280 e. The molecule has 0 aliphatic rings. The molecular weight excluding hydrogens is 208 g/mol. The zero-order valence-electron chi connectivity index (χ0n) is 8.93. The van der Waals surface area contributed by atoms with Crippen molar-refractivity contribution in [3.8, 4) is 0 Å². The number of hydrogen-bond acceptors (Lipinski definition) is 3. The molecule has 0 atom stereocenters. The van der Waals surface area contributed by atoms with Crippen LogP contribution in [-0.2, 0) is 7.05 Å². The van der Waals surface area contributed by atoms with Crippen molar-refractivity contribution in [2.45, 2.75) is 6.92 Å². The monoisotopic (exact) mass is 218 g/mol. The minimum atomic E-state index is -0.477. The lowest BCUT2D eigenvalue weighted by molar-refractivity contribution is 0.0898. The maximum atomic E-state index is 11.9. The van der Waals surface area contributed by atoms with Crippen LogP contribution in [0.2, 0.25) is 0 Å². The first kappa shape index (κ1) is 10.4. The van der Waals surface area contributed by atoms with Gasteiger partial charge in [-0.05, 0) is 12.1 Å². The second-order valence-corrected chi connectivity index (χ2v) is 3.51. The van der Waals surface area contributed by atoms with E-state index in [1.165, 1.54) is 14.0 Å². The zero-order valence-corrected chi connectivity index (χ0v) is 8.93. The topological polar surface area (TPSA) is 61.1 Å². The smallest absolute Gasteiger partial charge is 0.273 e. The van der Waals surface area contributed by atoms with Crippen molar-refractivity contribution in [2.24, 2.45) is 7.05 Å². The second kappa shape index (κ2) is 3.44. The molecule has 0 aliphatic heterocycles. The van der Waals surface area contributed by atoms with Gasteiger partial charge in [-0.15, -0.1) is 0 Å². The molecule has 16 heavy (non-hydrogen) atoms. The summed E-state index contributed by atoms with van der Waals surface area (Å²) in [5.74, 6) is -0.477. The van der Waals surface area contributed by atoms with Crippen LogP contribution in [0.5, 0.6) is 0 Å². The quantitative estimate of drug-likeness (QED) is 0.641. The summed E-state index contributed by atoms with van der Waals surface area (Å²) in [6, 6.07) is 6.46. The highest BCUT2D eigenvalue weighted by atomic mass is 16.2. The Hall–Kier alpha value is -2.17. The minimum absolute atomic E-state index is 0.265. The van der Waals surface area contributed by atoms with Gasteiger partial charge < -0.3 is 0 Å². The van der Waals surface area contributed by atoms with Crippen molar-refractivity contribution in [1.82, 2.24) is 9.36 Å². The van der Waals surface area contributed by atoms with E-state index in [4.69, 9.17) is 0 Å². The fourth-order valence-corrected chi connectivity index (χ4v) is 1.73. The molecule has 5 nitrogen and oxygen atoms in total. The highest BCUT2D eigenvalue weighted by Crippen LogP contribution is 2.02. The van der Waals surface area contributed by atoms with Crippen LogP contribution in [0.15, 0.2) is 33.9 Å². The summed E-state index contributed by atoms with van der Waals surface area (Å²) in [6.07, 6.45) is 0. The Morgan fingerprint density at radius 1 is 1.06 bits per heavy atom. The van der Waals surface area contributed by atoms with Crippen LogP contribution in [0.4, 0.5) is 0 Å². The van der Waals surface area contributed by atoms with Gasteiger partial charge in [-0.3, -0.25) is 14.4 Å². The van der Waals surface area contributed by atoms with Gasteiger partial charge in [-0.25, -0.2) is 4.68 Å². The predicted molar refractivity (Wildman–Crippen MR) is 59.7 cm³/mol. The van der Waals surface area contributed by atoms with Crippen molar-refractivity contribution < 1.29 is 4.79 Å². The van der Waals surface area contributed by atoms with Gasteiger partial charge >= 0.3 is 0 Å². The molecule has 0 N–H and O–H groups in total. The van der Waals surface area contributed by atoms with Crippen LogP contribution >= 0.6 is 0 Å². The summed E-state index contributed by atoms with van der Waals surface area (Å²) in [5, 5.41) is 0.591. The van der Waals surface area contributed by atoms with Crippen molar-refractivity contribution >= 4 is 16.7 Å². The standard InChI is InChI=1S/C11H10N2O3/c1-7(14)13-11(16)9-6-4-3-5-8(9)10(15)12(13)2/h3-6H,1-2H3. The molecule has 2 aromatic rings. The van der Waals surface area contributed by atoms with E-state index in [2.05, 4.69) is 0 Å². The van der Waals surface area contributed by atoms with Crippen LogP contribution in [0.25, 0.3) is 10.8 Å². The third-order valence-electron chi connectivity index (χ3n) is 2.47. The van der Waals surface area contributed by atoms with Crippen LogP contribution in [-0.4, -0.2) is 15.3 Å². The Morgan fingerprint density at radius 2 is 1.56 bits per heavy atom. The second-order valence-electron chi connectivity index (χ2n) is 3.51. The largest absolute Gasteiger partial charge is 0.280 e. The molecule has 1 aromatic heterocycles. The van der Waals surface area contributed by atoms with Gasteiger partial charge in [-0.2, -0.15) is 4.68 Å². The molecule has 82 valence electrons. The predicted octanol–water partition coefficient (Wildman–Crippen LogP) is 0.360. The SMILES string of the molecule is CC(=O)n1c(=O)c2ccccc2c(=O)n1C. The zero-order chi connectivity index (χ0) is 11.9. The van der Waals surface area contributed by atoms with E-state index < -0.39 is 11.5 Å². The van der Waals surface area contributed by atoms with Gasteiger partial charge in [0.1, 0.15) is 0 Å². The number of benzene rings is 1. The van der Waals surface area contributed by atoms with Gasteiger partial charge in [0.05, 0.1) is 10.8 Å². The minimum Gasteiger partial charge on any atom is -0.273 e. The first-order chi connectivity index (χ1) is 7.54. The molecule has 1 heterocycles. The van der Waals surface area contributed by atoms with Crippen molar-refractivity contribution in [1.29, 1.82) is 0 Å². The molecule has 0 saturated carbocycles. The van der Waals surface area contributed by atoms with Crippen LogP contribution in [0.1, 0.15) is 11.7 Å². The number of hydrogen-bond donors (Lipinski definition) is 0. The Morgan fingerprint density at radius 3 is 2.06 bits per heavy atom. The molecular formula is C11H10N2O3. The molecule has 0 unspecified atom stereocenters. The molecule has 0 saturated heterocycles. The lowest BCUT2D eigenvalue weighted by Crippen LogP contribution is -2.39. The fraction of sp³-hybridized carbons (Fsp3) is 0.182. The van der Waals surface area contributed by atoms with E-state index in [0.29, 0.717) is 5.39 Å². The first-order valence-corrected chi connectivity index (χ1v) is 4.76. The third kappa shape index (κ3) is 1.29. The summed E-state index contributed by atoms with van der Waals surface area (Å²) in [6.45, 7) is 1.25. The van der Waals surface area contributed by atoms with Gasteiger partial charge in [0, 0.05) is 14.0 Å². The summed E-state index contributed by atoms with van der Waals surface area (Å²) in [7, 11) is 1.40. The molecule has 0 amide bonds. The van der Waals surface area contributed by atoms with Gasteiger partial charge in [0.25, 0.3) is 11.1 Å². The number of carbonyl (C=O) groups is 1. The lowest BCUT2D eigenvalue weighted by atomic mass is 10.2. The van der Waals surface area contributed by atoms with Crippen LogP contribution in [0, 0.1) is 0 Å². The first-order valence-electron chi connectivity index (χ1n) is 4.76. The highest BCUT2D eigenvalue weighted by molar-refractivity contribution is 5.84. The maximum absolute atomic E-state index is 11.9. The van der Waals surface area contributed by atoms with Crippen molar-refractivity contribution in [3.05, 3.63) is 45.0 Å². The van der Waals surface area contributed by atoms with Crippen molar-refractivity contribution in [3.63, 3.8) is 0 Å². The van der Waals surface area contributed by atoms with Gasteiger partial charge in [0.15, 0.2) is 0 Å². The Labute approximate surface area is 90.5 Å². The van der Waals surface area contributed by atoms with Crippen molar-refractivity contribution in [2.75, 3.05) is 0 Å². The lowest BCUT2D eigenvalue weighted by Gasteiger charge is -2.08. The number of nitrogens with zero attached hydrogens (tertiary/aromatic N) is 2. The molecule has 0 bridgehead atoms. The average molecular weight is 218 g/mol. The van der Waals surface area contributed by atoms with Gasteiger partial charge in [0.2, 0.25) is 5.91 Å². The number of rotatable bonds is 0. The highest BCUT2D eigenvalue weighted by Gasteiger charge is 2.12. The van der Waals surface area contributed by atoms with E-state index in [1.54, 1.807) is 24.3 Å². The molecule has 0 radical (unpaired) electrons. The van der Waals surface area contributed by atoms with E-state index in [1.807, 2.05) is 0 Å². The number of fused-ring (bicyclic) bond motifs is 1. The molecule has 0 fully saturated rings. The molecule has 0 aliphatic carbocycles.